The second kappa shape index (κ2) is 4.59. The number of methoxy groups -OCH3 is 1. The summed E-state index contributed by atoms with van der Waals surface area (Å²) in [6.07, 6.45) is 0. The van der Waals surface area contributed by atoms with Gasteiger partial charge in [0.25, 0.3) is 0 Å². The van der Waals surface area contributed by atoms with Gasteiger partial charge in [-0.15, -0.1) is 0 Å². The highest BCUT2D eigenvalue weighted by molar-refractivity contribution is 5.37. The molecule has 82 valence electrons. The molecule has 1 aliphatic heterocycles. The van der Waals surface area contributed by atoms with Crippen LogP contribution in [0.4, 0.5) is 4.39 Å². The molecule has 1 atom stereocenters. The van der Waals surface area contributed by atoms with Crippen LogP contribution in [-0.4, -0.2) is 26.7 Å². The molecule has 1 heterocycles. The van der Waals surface area contributed by atoms with Crippen molar-refractivity contribution in [3.05, 3.63) is 29.6 Å². The number of benzene rings is 1. The third-order valence-electron chi connectivity index (χ3n) is 2.62. The molecule has 0 amide bonds. The SMILES string of the molecule is COc1c(F)cccc1[C@@H]1CNCCN1. The number of para-hydroxylation sites is 1. The predicted molar refractivity (Wildman–Crippen MR) is 56.6 cm³/mol. The van der Waals surface area contributed by atoms with Gasteiger partial charge in [0, 0.05) is 31.2 Å². The molecule has 2 rings (SSSR count). The first-order valence-corrected chi connectivity index (χ1v) is 5.09. The zero-order chi connectivity index (χ0) is 10.7. The van der Waals surface area contributed by atoms with Gasteiger partial charge in [0.05, 0.1) is 7.11 Å². The van der Waals surface area contributed by atoms with E-state index in [9.17, 15) is 4.39 Å². The van der Waals surface area contributed by atoms with Crippen LogP contribution in [0.5, 0.6) is 5.75 Å². The number of hydrogen-bond acceptors (Lipinski definition) is 3. The second-order valence-corrected chi connectivity index (χ2v) is 3.57. The Morgan fingerprint density at radius 1 is 1.40 bits per heavy atom. The first-order valence-electron chi connectivity index (χ1n) is 5.09. The van der Waals surface area contributed by atoms with Crippen molar-refractivity contribution in [2.45, 2.75) is 6.04 Å². The number of ether oxygens (including phenoxy) is 1. The molecule has 0 unspecified atom stereocenters. The standard InChI is InChI=1S/C11H15FN2O/c1-15-11-8(3-2-4-9(11)12)10-7-13-5-6-14-10/h2-4,10,13-14H,5-7H2,1H3/t10-/m0/s1. The molecule has 0 spiro atoms. The van der Waals surface area contributed by atoms with E-state index in [-0.39, 0.29) is 11.9 Å². The van der Waals surface area contributed by atoms with Gasteiger partial charge in [0.15, 0.2) is 11.6 Å². The van der Waals surface area contributed by atoms with E-state index in [1.54, 1.807) is 6.07 Å². The first-order chi connectivity index (χ1) is 7.33. The van der Waals surface area contributed by atoms with E-state index in [0.717, 1.165) is 25.2 Å². The van der Waals surface area contributed by atoms with Gasteiger partial charge in [-0.25, -0.2) is 4.39 Å². The summed E-state index contributed by atoms with van der Waals surface area (Å²) in [5.41, 5.74) is 0.879. The van der Waals surface area contributed by atoms with Crippen molar-refractivity contribution in [3.63, 3.8) is 0 Å². The largest absolute Gasteiger partial charge is 0.493 e. The predicted octanol–water partition coefficient (Wildman–Crippen LogP) is 1.07. The summed E-state index contributed by atoms with van der Waals surface area (Å²) in [6, 6.07) is 5.15. The number of halogens is 1. The highest BCUT2D eigenvalue weighted by atomic mass is 19.1. The number of nitrogens with one attached hydrogen (secondary N) is 2. The minimum absolute atomic E-state index is 0.129. The van der Waals surface area contributed by atoms with Crippen LogP contribution < -0.4 is 15.4 Å². The van der Waals surface area contributed by atoms with Crippen LogP contribution >= 0.6 is 0 Å². The second-order valence-electron chi connectivity index (χ2n) is 3.57. The number of rotatable bonds is 2. The van der Waals surface area contributed by atoms with Crippen molar-refractivity contribution in [1.82, 2.24) is 10.6 Å². The summed E-state index contributed by atoms with van der Waals surface area (Å²) < 4.78 is 18.5. The summed E-state index contributed by atoms with van der Waals surface area (Å²) in [6.45, 7) is 2.65. The zero-order valence-electron chi connectivity index (χ0n) is 8.72. The molecule has 1 aromatic carbocycles. The number of hydrogen-bond donors (Lipinski definition) is 2. The average molecular weight is 210 g/mol. The minimum atomic E-state index is -0.303. The van der Waals surface area contributed by atoms with Gasteiger partial charge in [-0.3, -0.25) is 0 Å². The molecular formula is C11H15FN2O. The summed E-state index contributed by atoms with van der Waals surface area (Å²) in [4.78, 5) is 0. The van der Waals surface area contributed by atoms with Crippen molar-refractivity contribution < 1.29 is 9.13 Å². The van der Waals surface area contributed by atoms with Gasteiger partial charge in [0.1, 0.15) is 0 Å². The van der Waals surface area contributed by atoms with Crippen LogP contribution in [0.1, 0.15) is 11.6 Å². The summed E-state index contributed by atoms with van der Waals surface area (Å²) in [5, 5.41) is 6.59. The van der Waals surface area contributed by atoms with E-state index in [2.05, 4.69) is 10.6 Å². The highest BCUT2D eigenvalue weighted by Crippen LogP contribution is 2.28. The van der Waals surface area contributed by atoms with E-state index in [4.69, 9.17) is 4.74 Å². The number of piperazine rings is 1. The molecule has 0 radical (unpaired) electrons. The molecule has 0 aromatic heterocycles. The molecular weight excluding hydrogens is 195 g/mol. The summed E-state index contributed by atoms with van der Waals surface area (Å²) in [5.74, 6) is 0.0427. The first kappa shape index (κ1) is 10.4. The molecule has 0 aliphatic carbocycles. The van der Waals surface area contributed by atoms with Crippen LogP contribution in [0.15, 0.2) is 18.2 Å². The van der Waals surface area contributed by atoms with Gasteiger partial charge in [-0.05, 0) is 6.07 Å². The molecule has 1 saturated heterocycles. The van der Waals surface area contributed by atoms with Crippen molar-refractivity contribution in [3.8, 4) is 5.75 Å². The maximum Gasteiger partial charge on any atom is 0.165 e. The molecule has 0 bridgehead atoms. The van der Waals surface area contributed by atoms with Crippen molar-refractivity contribution in [2.75, 3.05) is 26.7 Å². The normalized spacial score (nSPS) is 21.3. The van der Waals surface area contributed by atoms with Gasteiger partial charge in [-0.2, -0.15) is 0 Å². The maximum absolute atomic E-state index is 13.4. The highest BCUT2D eigenvalue weighted by Gasteiger charge is 2.19. The van der Waals surface area contributed by atoms with Gasteiger partial charge in [-0.1, -0.05) is 12.1 Å². The Balaban J connectivity index is 2.29. The van der Waals surface area contributed by atoms with Crippen molar-refractivity contribution >= 4 is 0 Å². The zero-order valence-corrected chi connectivity index (χ0v) is 8.72. The third kappa shape index (κ3) is 2.11. The lowest BCUT2D eigenvalue weighted by atomic mass is 10.0. The Kier molecular flexibility index (Phi) is 3.18. The molecule has 1 aromatic rings. The summed E-state index contributed by atoms with van der Waals surface area (Å²) in [7, 11) is 1.50. The van der Waals surface area contributed by atoms with Gasteiger partial charge < -0.3 is 15.4 Å². The molecule has 1 aliphatic rings. The van der Waals surface area contributed by atoms with Crippen molar-refractivity contribution in [2.24, 2.45) is 0 Å². The van der Waals surface area contributed by atoms with Crippen molar-refractivity contribution in [1.29, 1.82) is 0 Å². The van der Waals surface area contributed by atoms with Gasteiger partial charge >= 0.3 is 0 Å². The van der Waals surface area contributed by atoms with Gasteiger partial charge in [0.2, 0.25) is 0 Å². The molecule has 4 heteroatoms. The Hall–Kier alpha value is -1.13. The molecule has 1 fully saturated rings. The van der Waals surface area contributed by atoms with Crippen LogP contribution in [0.25, 0.3) is 0 Å². The maximum atomic E-state index is 13.4. The average Bonchev–Trinajstić information content (AvgIpc) is 2.30. The smallest absolute Gasteiger partial charge is 0.165 e. The minimum Gasteiger partial charge on any atom is -0.493 e. The Morgan fingerprint density at radius 3 is 2.93 bits per heavy atom. The lowest BCUT2D eigenvalue weighted by Crippen LogP contribution is -2.42. The van der Waals surface area contributed by atoms with E-state index in [0.29, 0.717) is 5.75 Å². The van der Waals surface area contributed by atoms with E-state index in [1.165, 1.54) is 13.2 Å². The van der Waals surface area contributed by atoms with Crippen LogP contribution in [0.3, 0.4) is 0 Å². The fraction of sp³-hybridized carbons (Fsp3) is 0.455. The molecule has 3 nitrogen and oxygen atoms in total. The van der Waals surface area contributed by atoms with E-state index < -0.39 is 0 Å². The Morgan fingerprint density at radius 2 is 2.27 bits per heavy atom. The lowest BCUT2D eigenvalue weighted by molar-refractivity contribution is 0.361. The van der Waals surface area contributed by atoms with Crippen LogP contribution in [0, 0.1) is 5.82 Å². The van der Waals surface area contributed by atoms with Crippen LogP contribution in [0.2, 0.25) is 0 Å². The quantitative estimate of drug-likeness (QED) is 0.766. The topological polar surface area (TPSA) is 33.3 Å². The Bertz CT molecular complexity index is 337. The van der Waals surface area contributed by atoms with E-state index in [1.807, 2.05) is 6.07 Å². The lowest BCUT2D eigenvalue weighted by Gasteiger charge is -2.26. The molecule has 2 N–H and O–H groups in total. The fourth-order valence-electron chi connectivity index (χ4n) is 1.89. The molecule has 0 saturated carbocycles. The van der Waals surface area contributed by atoms with Crippen LogP contribution in [-0.2, 0) is 0 Å². The molecule has 15 heavy (non-hydrogen) atoms. The third-order valence-corrected chi connectivity index (χ3v) is 2.62. The monoisotopic (exact) mass is 210 g/mol. The fourth-order valence-corrected chi connectivity index (χ4v) is 1.89. The van der Waals surface area contributed by atoms with E-state index >= 15 is 0 Å². The summed E-state index contributed by atoms with van der Waals surface area (Å²) >= 11 is 0. The Labute approximate surface area is 88.6 Å².